The molecule has 0 bridgehead atoms. The minimum absolute atomic E-state index is 0.0522. The van der Waals surface area contributed by atoms with Gasteiger partial charge in [0, 0.05) is 26.0 Å². The van der Waals surface area contributed by atoms with Crippen LogP contribution in [0.15, 0.2) is 12.3 Å². The number of halogens is 1. The molecule has 1 aromatic rings. The molecule has 100 valence electrons. The quantitative estimate of drug-likeness (QED) is 0.712. The molecule has 0 fully saturated rings. The average Bonchev–Trinajstić information content (AvgIpc) is 2.35. The number of pyridine rings is 1. The van der Waals surface area contributed by atoms with Crippen molar-refractivity contribution in [1.29, 1.82) is 0 Å². The van der Waals surface area contributed by atoms with Gasteiger partial charge in [0.25, 0.3) is 0 Å². The average molecular weight is 273 g/mol. The zero-order valence-corrected chi connectivity index (χ0v) is 11.0. The van der Waals surface area contributed by atoms with Crippen LogP contribution in [0.4, 0.5) is 5.82 Å². The van der Waals surface area contributed by atoms with Gasteiger partial charge in [-0.3, -0.25) is 0 Å². The van der Waals surface area contributed by atoms with Crippen molar-refractivity contribution in [1.82, 2.24) is 4.98 Å². The monoisotopic (exact) mass is 272 g/mol. The van der Waals surface area contributed by atoms with Crippen molar-refractivity contribution in [3.63, 3.8) is 0 Å². The number of anilines is 1. The van der Waals surface area contributed by atoms with Gasteiger partial charge in [-0.1, -0.05) is 18.5 Å². The van der Waals surface area contributed by atoms with E-state index in [1.807, 2.05) is 0 Å². The molecule has 0 unspecified atom stereocenters. The molecule has 0 amide bonds. The summed E-state index contributed by atoms with van der Waals surface area (Å²) >= 11 is 5.72. The second-order valence-electron chi connectivity index (χ2n) is 3.75. The lowest BCUT2D eigenvalue weighted by atomic mass is 10.2. The summed E-state index contributed by atoms with van der Waals surface area (Å²) < 4.78 is 5.33. The number of carbonyl (C=O) groups is 1. The largest absolute Gasteiger partial charge is 0.478 e. The molecule has 1 aromatic heterocycles. The number of nitrogens with one attached hydrogen (secondary N) is 1. The van der Waals surface area contributed by atoms with E-state index in [0.29, 0.717) is 19.0 Å². The molecule has 18 heavy (non-hydrogen) atoms. The molecule has 0 aliphatic carbocycles. The zero-order valence-electron chi connectivity index (χ0n) is 10.3. The predicted octanol–water partition coefficient (Wildman–Crippen LogP) is 2.66. The van der Waals surface area contributed by atoms with Crippen LogP contribution in [0.5, 0.6) is 0 Å². The number of hydrogen-bond donors (Lipinski definition) is 2. The molecule has 0 aliphatic rings. The first kappa shape index (κ1) is 14.7. The van der Waals surface area contributed by atoms with Crippen LogP contribution in [0.2, 0.25) is 5.02 Å². The highest BCUT2D eigenvalue weighted by Gasteiger charge is 2.09. The van der Waals surface area contributed by atoms with Crippen molar-refractivity contribution < 1.29 is 14.6 Å². The third-order valence-electron chi connectivity index (χ3n) is 2.21. The van der Waals surface area contributed by atoms with Crippen molar-refractivity contribution in [2.75, 3.05) is 25.1 Å². The lowest BCUT2D eigenvalue weighted by Gasteiger charge is -2.07. The molecule has 0 aliphatic heterocycles. The van der Waals surface area contributed by atoms with E-state index in [1.165, 1.54) is 12.3 Å². The van der Waals surface area contributed by atoms with Crippen LogP contribution in [-0.4, -0.2) is 35.8 Å². The fraction of sp³-hybridized carbons (Fsp3) is 0.500. The number of nitrogens with zero attached hydrogens (tertiary/aromatic N) is 1. The fourth-order valence-corrected chi connectivity index (χ4v) is 1.52. The third-order valence-corrected chi connectivity index (χ3v) is 2.51. The lowest BCUT2D eigenvalue weighted by molar-refractivity contribution is 0.0697. The van der Waals surface area contributed by atoms with Gasteiger partial charge in [-0.25, -0.2) is 9.78 Å². The summed E-state index contributed by atoms with van der Waals surface area (Å²) in [6.07, 6.45) is 3.18. The summed E-state index contributed by atoms with van der Waals surface area (Å²) in [5, 5.41) is 12.1. The summed E-state index contributed by atoms with van der Waals surface area (Å²) in [5.74, 6) is -0.552. The summed E-state index contributed by atoms with van der Waals surface area (Å²) in [5.41, 5.74) is 0.0522. The third kappa shape index (κ3) is 4.89. The molecule has 0 saturated heterocycles. The first-order chi connectivity index (χ1) is 8.65. The van der Waals surface area contributed by atoms with Gasteiger partial charge in [0.2, 0.25) is 0 Å². The number of carboxylic acids is 1. The SMILES string of the molecule is CCCOCCCNc1cc(C(=O)O)c(Cl)cn1. The van der Waals surface area contributed by atoms with E-state index in [-0.39, 0.29) is 10.6 Å². The Morgan fingerprint density at radius 3 is 3.00 bits per heavy atom. The topological polar surface area (TPSA) is 71.5 Å². The summed E-state index contributed by atoms with van der Waals surface area (Å²) in [6, 6.07) is 1.43. The maximum absolute atomic E-state index is 10.9. The van der Waals surface area contributed by atoms with Crippen LogP contribution in [0.3, 0.4) is 0 Å². The van der Waals surface area contributed by atoms with Gasteiger partial charge in [0.05, 0.1) is 10.6 Å². The van der Waals surface area contributed by atoms with Gasteiger partial charge in [-0.15, -0.1) is 0 Å². The van der Waals surface area contributed by atoms with E-state index in [0.717, 1.165) is 19.4 Å². The molecular formula is C12H17ClN2O3. The normalized spacial score (nSPS) is 10.3. The highest BCUT2D eigenvalue weighted by atomic mass is 35.5. The van der Waals surface area contributed by atoms with Crippen molar-refractivity contribution >= 4 is 23.4 Å². The Kier molecular flexibility index (Phi) is 6.46. The molecule has 1 heterocycles. The maximum atomic E-state index is 10.9. The van der Waals surface area contributed by atoms with Crippen LogP contribution < -0.4 is 5.32 Å². The van der Waals surface area contributed by atoms with Gasteiger partial charge in [-0.05, 0) is 18.9 Å². The van der Waals surface area contributed by atoms with Crippen molar-refractivity contribution in [3.05, 3.63) is 22.8 Å². The molecule has 0 radical (unpaired) electrons. The van der Waals surface area contributed by atoms with E-state index in [1.54, 1.807) is 0 Å². The van der Waals surface area contributed by atoms with Crippen LogP contribution in [0.25, 0.3) is 0 Å². The van der Waals surface area contributed by atoms with Crippen molar-refractivity contribution in [3.8, 4) is 0 Å². The fourth-order valence-electron chi connectivity index (χ4n) is 1.34. The first-order valence-corrected chi connectivity index (χ1v) is 6.23. The second-order valence-corrected chi connectivity index (χ2v) is 4.15. The van der Waals surface area contributed by atoms with Gasteiger partial charge in [-0.2, -0.15) is 0 Å². The van der Waals surface area contributed by atoms with Gasteiger partial charge in [0.15, 0.2) is 0 Å². The molecule has 0 saturated carbocycles. The number of rotatable bonds is 8. The summed E-state index contributed by atoms with van der Waals surface area (Å²) in [7, 11) is 0. The number of aromatic carboxylic acids is 1. The molecule has 6 heteroatoms. The summed E-state index contributed by atoms with van der Waals surface area (Å²) in [4.78, 5) is 14.9. The molecule has 5 nitrogen and oxygen atoms in total. The van der Waals surface area contributed by atoms with Gasteiger partial charge >= 0.3 is 5.97 Å². The van der Waals surface area contributed by atoms with Gasteiger partial charge in [0.1, 0.15) is 5.82 Å². The van der Waals surface area contributed by atoms with Crippen LogP contribution in [0.1, 0.15) is 30.1 Å². The Labute approximate surface area is 111 Å². The number of ether oxygens (including phenoxy) is 1. The lowest BCUT2D eigenvalue weighted by Crippen LogP contribution is -2.08. The van der Waals surface area contributed by atoms with Crippen LogP contribution in [0, 0.1) is 0 Å². The first-order valence-electron chi connectivity index (χ1n) is 5.85. The van der Waals surface area contributed by atoms with Crippen molar-refractivity contribution in [2.24, 2.45) is 0 Å². The van der Waals surface area contributed by atoms with Crippen LogP contribution >= 0.6 is 11.6 Å². The molecule has 1 rings (SSSR count). The van der Waals surface area contributed by atoms with E-state index >= 15 is 0 Å². The summed E-state index contributed by atoms with van der Waals surface area (Å²) in [6.45, 7) is 4.18. The number of carboxylic acid groups (broad SMARTS) is 1. The van der Waals surface area contributed by atoms with Crippen molar-refractivity contribution in [2.45, 2.75) is 19.8 Å². The standard InChI is InChI=1S/C12H17ClN2O3/c1-2-5-18-6-3-4-14-11-7-9(12(16)17)10(13)8-15-11/h7-8H,2-6H2,1H3,(H,14,15)(H,16,17). The zero-order chi connectivity index (χ0) is 13.4. The molecular weight excluding hydrogens is 256 g/mol. The molecule has 0 aromatic carbocycles. The Morgan fingerprint density at radius 1 is 1.56 bits per heavy atom. The Hall–Kier alpha value is -1.33. The highest BCUT2D eigenvalue weighted by molar-refractivity contribution is 6.33. The second kappa shape index (κ2) is 7.89. The van der Waals surface area contributed by atoms with E-state index in [9.17, 15) is 4.79 Å². The predicted molar refractivity (Wildman–Crippen MR) is 70.4 cm³/mol. The molecule has 2 N–H and O–H groups in total. The van der Waals surface area contributed by atoms with Crippen LogP contribution in [-0.2, 0) is 4.74 Å². The highest BCUT2D eigenvalue weighted by Crippen LogP contribution is 2.17. The Morgan fingerprint density at radius 2 is 2.33 bits per heavy atom. The van der Waals surface area contributed by atoms with E-state index in [2.05, 4.69) is 17.2 Å². The van der Waals surface area contributed by atoms with E-state index < -0.39 is 5.97 Å². The Bertz CT molecular complexity index is 399. The minimum atomic E-state index is -1.06. The maximum Gasteiger partial charge on any atom is 0.337 e. The van der Waals surface area contributed by atoms with Gasteiger partial charge < -0.3 is 15.2 Å². The van der Waals surface area contributed by atoms with E-state index in [4.69, 9.17) is 21.4 Å². The number of aromatic nitrogens is 1. The number of hydrogen-bond acceptors (Lipinski definition) is 4. The smallest absolute Gasteiger partial charge is 0.337 e. The Balaban J connectivity index is 2.38. The minimum Gasteiger partial charge on any atom is -0.478 e. The molecule has 0 atom stereocenters. The molecule has 0 spiro atoms.